The Kier molecular flexibility index (Phi) is 6.89. The number of carbonyl (C=O) groups excluding carboxylic acids is 2. The topological polar surface area (TPSA) is 114 Å². The van der Waals surface area contributed by atoms with Gasteiger partial charge in [-0.05, 0) is 38.1 Å². The van der Waals surface area contributed by atoms with Crippen LogP contribution in [0.4, 0.5) is 0 Å². The van der Waals surface area contributed by atoms with Crippen molar-refractivity contribution >= 4 is 11.8 Å². The van der Waals surface area contributed by atoms with E-state index in [4.69, 9.17) is 15.7 Å². The number of hydrogen-bond donors (Lipinski definition) is 4. The predicted molar refractivity (Wildman–Crippen MR) is 80.2 cm³/mol. The molecule has 0 aromatic heterocycles. The SMILES string of the molecule is CC#CCOc1ccc(C(=O)N[C@H](C(=O)NO)[C@@H](C)N)cc1. The number of rotatable bonds is 6. The Morgan fingerprint density at radius 3 is 2.50 bits per heavy atom. The van der Waals surface area contributed by atoms with Crippen LogP contribution in [0, 0.1) is 11.8 Å². The van der Waals surface area contributed by atoms with E-state index in [1.165, 1.54) is 5.48 Å². The normalized spacial score (nSPS) is 12.4. The highest BCUT2D eigenvalue weighted by Gasteiger charge is 2.24. The van der Waals surface area contributed by atoms with Crippen LogP contribution in [-0.4, -0.2) is 35.7 Å². The van der Waals surface area contributed by atoms with E-state index >= 15 is 0 Å². The first-order chi connectivity index (χ1) is 10.5. The number of benzene rings is 1. The minimum atomic E-state index is -1.03. The van der Waals surface area contributed by atoms with Crippen molar-refractivity contribution in [1.82, 2.24) is 10.8 Å². The summed E-state index contributed by atoms with van der Waals surface area (Å²) < 4.78 is 5.33. The van der Waals surface area contributed by atoms with Crippen LogP contribution in [-0.2, 0) is 4.79 Å². The molecular weight excluding hydrogens is 286 g/mol. The zero-order valence-corrected chi connectivity index (χ0v) is 12.4. The van der Waals surface area contributed by atoms with Crippen LogP contribution in [0.25, 0.3) is 0 Å². The van der Waals surface area contributed by atoms with Crippen molar-refractivity contribution in [1.29, 1.82) is 0 Å². The molecule has 0 aliphatic carbocycles. The van der Waals surface area contributed by atoms with Gasteiger partial charge in [-0.15, -0.1) is 5.92 Å². The maximum absolute atomic E-state index is 12.1. The van der Waals surface area contributed by atoms with Crippen LogP contribution in [0.1, 0.15) is 24.2 Å². The van der Waals surface area contributed by atoms with Crippen LogP contribution in [0.5, 0.6) is 5.75 Å². The number of carbonyl (C=O) groups is 2. The molecule has 118 valence electrons. The summed E-state index contributed by atoms with van der Waals surface area (Å²) in [6.45, 7) is 3.53. The minimum absolute atomic E-state index is 0.269. The van der Waals surface area contributed by atoms with Crippen molar-refractivity contribution in [2.45, 2.75) is 25.9 Å². The van der Waals surface area contributed by atoms with Gasteiger partial charge in [0, 0.05) is 11.6 Å². The molecule has 0 radical (unpaired) electrons. The number of hydrogen-bond acceptors (Lipinski definition) is 5. The van der Waals surface area contributed by atoms with Crippen LogP contribution in [0.15, 0.2) is 24.3 Å². The van der Waals surface area contributed by atoms with Crippen molar-refractivity contribution in [3.63, 3.8) is 0 Å². The first-order valence-corrected chi connectivity index (χ1v) is 6.62. The number of hydroxylamine groups is 1. The number of ether oxygens (including phenoxy) is 1. The van der Waals surface area contributed by atoms with Gasteiger partial charge in [0.25, 0.3) is 11.8 Å². The van der Waals surface area contributed by atoms with E-state index in [0.717, 1.165) is 0 Å². The zero-order valence-electron chi connectivity index (χ0n) is 12.4. The molecule has 0 bridgehead atoms. The van der Waals surface area contributed by atoms with Crippen molar-refractivity contribution in [2.24, 2.45) is 5.73 Å². The van der Waals surface area contributed by atoms with Gasteiger partial charge in [-0.1, -0.05) is 5.92 Å². The molecule has 0 saturated heterocycles. The number of nitrogens with one attached hydrogen (secondary N) is 2. The van der Waals surface area contributed by atoms with Gasteiger partial charge >= 0.3 is 0 Å². The smallest absolute Gasteiger partial charge is 0.267 e. The Hall–Kier alpha value is -2.56. The summed E-state index contributed by atoms with van der Waals surface area (Å²) in [7, 11) is 0. The Morgan fingerprint density at radius 1 is 1.36 bits per heavy atom. The molecular formula is C15H19N3O4. The molecule has 0 saturated carbocycles. The molecule has 0 aliphatic rings. The van der Waals surface area contributed by atoms with E-state index in [-0.39, 0.29) is 6.61 Å². The van der Waals surface area contributed by atoms with Crippen molar-refractivity contribution in [2.75, 3.05) is 6.61 Å². The molecule has 0 spiro atoms. The average Bonchev–Trinajstić information content (AvgIpc) is 2.52. The van der Waals surface area contributed by atoms with Crippen LogP contribution < -0.4 is 21.3 Å². The molecule has 1 rings (SSSR count). The van der Waals surface area contributed by atoms with E-state index in [1.807, 2.05) is 0 Å². The fourth-order valence-corrected chi connectivity index (χ4v) is 1.62. The Balaban J connectivity index is 2.71. The molecule has 0 heterocycles. The third-order valence-corrected chi connectivity index (χ3v) is 2.81. The van der Waals surface area contributed by atoms with E-state index in [0.29, 0.717) is 11.3 Å². The molecule has 0 aliphatic heterocycles. The maximum Gasteiger partial charge on any atom is 0.267 e. The second kappa shape index (κ2) is 8.67. The lowest BCUT2D eigenvalue weighted by Gasteiger charge is -2.20. The summed E-state index contributed by atoms with van der Waals surface area (Å²) in [5.41, 5.74) is 7.42. The Morgan fingerprint density at radius 2 is 2.00 bits per heavy atom. The summed E-state index contributed by atoms with van der Waals surface area (Å²) >= 11 is 0. The number of amides is 2. The van der Waals surface area contributed by atoms with Crippen LogP contribution >= 0.6 is 0 Å². The summed E-state index contributed by atoms with van der Waals surface area (Å²) in [5, 5.41) is 11.1. The Bertz CT molecular complexity index is 573. The molecule has 7 heteroatoms. The van der Waals surface area contributed by atoms with Gasteiger partial charge in [-0.25, -0.2) is 5.48 Å². The van der Waals surface area contributed by atoms with Gasteiger partial charge in [-0.2, -0.15) is 0 Å². The lowest BCUT2D eigenvalue weighted by atomic mass is 10.1. The molecule has 0 unspecified atom stereocenters. The summed E-state index contributed by atoms with van der Waals surface area (Å²) in [5.74, 6) is 4.79. The fourth-order valence-electron chi connectivity index (χ4n) is 1.62. The predicted octanol–water partition coefficient (Wildman–Crippen LogP) is 0.0397. The van der Waals surface area contributed by atoms with Crippen LogP contribution in [0.2, 0.25) is 0 Å². The van der Waals surface area contributed by atoms with Gasteiger partial charge in [0.2, 0.25) is 0 Å². The highest BCUT2D eigenvalue weighted by atomic mass is 16.5. The van der Waals surface area contributed by atoms with Crippen molar-refractivity contribution < 1.29 is 19.5 Å². The summed E-state index contributed by atoms with van der Waals surface area (Å²) in [6, 6.07) is 4.66. The second-order valence-electron chi connectivity index (χ2n) is 4.53. The largest absolute Gasteiger partial charge is 0.481 e. The minimum Gasteiger partial charge on any atom is -0.481 e. The standard InChI is InChI=1S/C15H19N3O4/c1-3-4-9-22-12-7-5-11(6-8-12)14(19)17-13(10(2)16)15(20)18-21/h5-8,10,13,21H,9,16H2,1-2H3,(H,17,19)(H,18,20)/t10-,13+/m1/s1. The number of nitrogens with two attached hydrogens (primary N) is 1. The van der Waals surface area contributed by atoms with E-state index < -0.39 is 23.9 Å². The third kappa shape index (κ3) is 5.09. The first-order valence-electron chi connectivity index (χ1n) is 6.62. The highest BCUT2D eigenvalue weighted by molar-refractivity contribution is 5.97. The molecule has 2 amide bonds. The second-order valence-corrected chi connectivity index (χ2v) is 4.53. The molecule has 5 N–H and O–H groups in total. The summed E-state index contributed by atoms with van der Waals surface area (Å²) in [6.07, 6.45) is 0. The molecule has 1 aromatic carbocycles. The molecule has 2 atom stereocenters. The maximum atomic E-state index is 12.1. The quantitative estimate of drug-likeness (QED) is 0.337. The lowest BCUT2D eigenvalue weighted by molar-refractivity contribution is -0.131. The van der Waals surface area contributed by atoms with Crippen molar-refractivity contribution in [3.05, 3.63) is 29.8 Å². The highest BCUT2D eigenvalue weighted by Crippen LogP contribution is 2.12. The summed E-state index contributed by atoms with van der Waals surface area (Å²) in [4.78, 5) is 23.5. The van der Waals surface area contributed by atoms with Crippen molar-refractivity contribution in [3.8, 4) is 17.6 Å². The fraction of sp³-hybridized carbons (Fsp3) is 0.333. The monoisotopic (exact) mass is 305 g/mol. The van der Waals surface area contributed by atoms with Crippen LogP contribution in [0.3, 0.4) is 0 Å². The molecule has 22 heavy (non-hydrogen) atoms. The van der Waals surface area contributed by atoms with Gasteiger partial charge in [0.1, 0.15) is 18.4 Å². The van der Waals surface area contributed by atoms with Gasteiger partial charge in [0.15, 0.2) is 0 Å². The van der Waals surface area contributed by atoms with E-state index in [2.05, 4.69) is 17.2 Å². The lowest BCUT2D eigenvalue weighted by Crippen LogP contribution is -2.54. The Labute approximate surface area is 128 Å². The zero-order chi connectivity index (χ0) is 16.5. The van der Waals surface area contributed by atoms with Gasteiger partial charge in [-0.3, -0.25) is 14.8 Å². The first kappa shape index (κ1) is 17.5. The van der Waals surface area contributed by atoms with E-state index in [9.17, 15) is 9.59 Å². The molecule has 0 fully saturated rings. The van der Waals surface area contributed by atoms with Gasteiger partial charge < -0.3 is 15.8 Å². The van der Waals surface area contributed by atoms with Gasteiger partial charge in [0.05, 0.1) is 0 Å². The third-order valence-electron chi connectivity index (χ3n) is 2.81. The average molecular weight is 305 g/mol. The van der Waals surface area contributed by atoms with E-state index in [1.54, 1.807) is 38.1 Å². The molecule has 1 aromatic rings. The molecule has 7 nitrogen and oxygen atoms in total.